The van der Waals surface area contributed by atoms with E-state index in [0.29, 0.717) is 0 Å². The van der Waals surface area contributed by atoms with Gasteiger partial charge >= 0.3 is 0 Å². The van der Waals surface area contributed by atoms with Crippen molar-refractivity contribution in [3.63, 3.8) is 0 Å². The summed E-state index contributed by atoms with van der Waals surface area (Å²) in [4.78, 5) is 6.86. The molecule has 1 aliphatic rings. The molecule has 1 aliphatic heterocycles. The van der Waals surface area contributed by atoms with Crippen LogP contribution in [-0.4, -0.2) is 32.5 Å². The number of methoxy groups -OCH3 is 1. The van der Waals surface area contributed by atoms with E-state index in [-0.39, 0.29) is 6.04 Å². The Morgan fingerprint density at radius 1 is 1.26 bits per heavy atom. The molecule has 2 N–H and O–H groups in total. The van der Waals surface area contributed by atoms with Gasteiger partial charge in [0.05, 0.1) is 13.2 Å². The van der Waals surface area contributed by atoms with Gasteiger partial charge in [-0.1, -0.05) is 29.8 Å². The first-order chi connectivity index (χ1) is 13.2. The molecule has 0 aliphatic carbocycles. The predicted molar refractivity (Wildman–Crippen MR) is 114 cm³/mol. The number of nitrogens with zero attached hydrogens (tertiary/aromatic N) is 2. The Hall–Kier alpha value is -2.46. The topological polar surface area (TPSA) is 50.8 Å². The SMILES string of the molecule is CN=C1CCN(c2cccc(Cl)c2)C(CCc2ccc(OC)cc2)C1=CN. The first kappa shape index (κ1) is 19.3. The highest BCUT2D eigenvalue weighted by molar-refractivity contribution is 6.30. The van der Waals surface area contributed by atoms with Crippen molar-refractivity contribution in [1.29, 1.82) is 0 Å². The standard InChI is InChI=1S/C22H26ClN3O/c1-25-21-12-13-26(18-5-3-4-17(23)14-18)22(20(21)15-24)11-8-16-6-9-19(27-2)10-7-16/h3-7,9-10,14-15,22H,8,11-13,24H2,1-2H3. The summed E-state index contributed by atoms with van der Waals surface area (Å²) in [6, 6.07) is 16.4. The minimum absolute atomic E-state index is 0.169. The highest BCUT2D eigenvalue weighted by Gasteiger charge is 2.30. The van der Waals surface area contributed by atoms with Gasteiger partial charge in [0, 0.05) is 48.2 Å². The summed E-state index contributed by atoms with van der Waals surface area (Å²) < 4.78 is 5.25. The molecule has 1 atom stereocenters. The molecule has 1 unspecified atom stereocenters. The number of anilines is 1. The maximum absolute atomic E-state index is 6.24. The number of benzene rings is 2. The molecule has 0 aromatic heterocycles. The van der Waals surface area contributed by atoms with E-state index in [1.54, 1.807) is 13.3 Å². The number of ether oxygens (including phenoxy) is 1. The van der Waals surface area contributed by atoms with Crippen LogP contribution in [0.5, 0.6) is 5.75 Å². The summed E-state index contributed by atoms with van der Waals surface area (Å²) in [6.45, 7) is 0.900. The average Bonchev–Trinajstić information content (AvgIpc) is 2.71. The van der Waals surface area contributed by atoms with E-state index in [1.807, 2.05) is 37.4 Å². The van der Waals surface area contributed by atoms with Crippen LogP contribution in [-0.2, 0) is 6.42 Å². The zero-order valence-electron chi connectivity index (χ0n) is 15.9. The zero-order chi connectivity index (χ0) is 19.2. The highest BCUT2D eigenvalue weighted by Crippen LogP contribution is 2.31. The Morgan fingerprint density at radius 3 is 2.67 bits per heavy atom. The number of nitrogens with two attached hydrogens (primary N) is 1. The maximum atomic E-state index is 6.24. The van der Waals surface area contributed by atoms with Crippen molar-refractivity contribution in [2.24, 2.45) is 10.7 Å². The molecule has 142 valence electrons. The number of halogens is 1. The summed E-state index contributed by atoms with van der Waals surface area (Å²) in [5, 5.41) is 0.745. The first-order valence-corrected chi connectivity index (χ1v) is 9.57. The van der Waals surface area contributed by atoms with Crippen LogP contribution in [0.25, 0.3) is 0 Å². The molecule has 4 nitrogen and oxygen atoms in total. The second-order valence-electron chi connectivity index (χ2n) is 6.62. The predicted octanol–water partition coefficient (Wildman–Crippen LogP) is 4.47. The Kier molecular flexibility index (Phi) is 6.40. The van der Waals surface area contributed by atoms with Crippen molar-refractivity contribution < 1.29 is 4.74 Å². The number of aliphatic imine (C=N–C) groups is 1. The van der Waals surface area contributed by atoms with Crippen molar-refractivity contribution in [1.82, 2.24) is 0 Å². The van der Waals surface area contributed by atoms with E-state index in [1.165, 1.54) is 5.56 Å². The van der Waals surface area contributed by atoms with E-state index >= 15 is 0 Å². The third kappa shape index (κ3) is 4.45. The van der Waals surface area contributed by atoms with Gasteiger partial charge in [0.1, 0.15) is 5.75 Å². The van der Waals surface area contributed by atoms with E-state index in [9.17, 15) is 0 Å². The molecule has 0 bridgehead atoms. The number of hydrogen-bond donors (Lipinski definition) is 1. The van der Waals surface area contributed by atoms with Crippen LogP contribution in [0, 0.1) is 0 Å². The van der Waals surface area contributed by atoms with Gasteiger partial charge in [0.15, 0.2) is 0 Å². The van der Waals surface area contributed by atoms with E-state index < -0.39 is 0 Å². The highest BCUT2D eigenvalue weighted by atomic mass is 35.5. The Labute approximate surface area is 166 Å². The van der Waals surface area contributed by atoms with Gasteiger partial charge in [-0.3, -0.25) is 4.99 Å². The largest absolute Gasteiger partial charge is 0.497 e. The van der Waals surface area contributed by atoms with Crippen molar-refractivity contribution in [3.05, 3.63) is 70.9 Å². The molecule has 1 fully saturated rings. The summed E-state index contributed by atoms with van der Waals surface area (Å²) in [6.07, 6.45) is 4.49. The van der Waals surface area contributed by atoms with Gasteiger partial charge in [-0.05, 0) is 48.7 Å². The summed E-state index contributed by atoms with van der Waals surface area (Å²) in [5.41, 5.74) is 10.6. The molecule has 0 spiro atoms. The fraction of sp³-hybridized carbons (Fsp3) is 0.318. The maximum Gasteiger partial charge on any atom is 0.118 e. The molecule has 2 aromatic rings. The summed E-state index contributed by atoms with van der Waals surface area (Å²) in [5.74, 6) is 0.875. The number of rotatable bonds is 5. The average molecular weight is 384 g/mol. The van der Waals surface area contributed by atoms with Crippen LogP contribution in [0.2, 0.25) is 5.02 Å². The molecular weight excluding hydrogens is 358 g/mol. The normalized spacial score (nSPS) is 20.3. The van der Waals surface area contributed by atoms with Crippen LogP contribution in [0.1, 0.15) is 18.4 Å². The third-order valence-corrected chi connectivity index (χ3v) is 5.35. The van der Waals surface area contributed by atoms with Gasteiger partial charge in [-0.25, -0.2) is 0 Å². The van der Waals surface area contributed by atoms with Crippen LogP contribution >= 0.6 is 11.6 Å². The van der Waals surface area contributed by atoms with Crippen molar-refractivity contribution in [2.75, 3.05) is 25.6 Å². The molecule has 0 saturated carbocycles. The third-order valence-electron chi connectivity index (χ3n) is 5.11. The minimum atomic E-state index is 0.169. The molecule has 0 amide bonds. The smallest absolute Gasteiger partial charge is 0.118 e. The quantitative estimate of drug-likeness (QED) is 0.828. The molecule has 27 heavy (non-hydrogen) atoms. The van der Waals surface area contributed by atoms with Crippen LogP contribution in [0.15, 0.2) is 65.3 Å². The molecule has 5 heteroatoms. The van der Waals surface area contributed by atoms with Crippen LogP contribution < -0.4 is 15.4 Å². The second-order valence-corrected chi connectivity index (χ2v) is 7.05. The molecule has 1 heterocycles. The van der Waals surface area contributed by atoms with Gasteiger partial charge in [-0.2, -0.15) is 0 Å². The summed E-state index contributed by atoms with van der Waals surface area (Å²) in [7, 11) is 3.53. The lowest BCUT2D eigenvalue weighted by atomic mass is 9.89. The van der Waals surface area contributed by atoms with Crippen molar-refractivity contribution in [2.45, 2.75) is 25.3 Å². The number of hydrogen-bond acceptors (Lipinski definition) is 4. The second kappa shape index (κ2) is 8.96. The van der Waals surface area contributed by atoms with E-state index in [2.05, 4.69) is 28.1 Å². The Morgan fingerprint density at radius 2 is 2.04 bits per heavy atom. The molecule has 2 aromatic carbocycles. The monoisotopic (exact) mass is 383 g/mol. The van der Waals surface area contributed by atoms with Gasteiger partial charge in [0.2, 0.25) is 0 Å². The molecular formula is C22H26ClN3O. The van der Waals surface area contributed by atoms with Gasteiger partial charge in [-0.15, -0.1) is 0 Å². The van der Waals surface area contributed by atoms with E-state index in [4.69, 9.17) is 22.1 Å². The lowest BCUT2D eigenvalue weighted by molar-refractivity contribution is 0.414. The fourth-order valence-corrected chi connectivity index (χ4v) is 3.89. The molecule has 0 radical (unpaired) electrons. The Bertz CT molecular complexity index is 830. The minimum Gasteiger partial charge on any atom is -0.497 e. The molecule has 1 saturated heterocycles. The fourth-order valence-electron chi connectivity index (χ4n) is 3.71. The van der Waals surface area contributed by atoms with Gasteiger partial charge in [0.25, 0.3) is 0 Å². The number of aryl methyl sites for hydroxylation is 1. The lowest BCUT2D eigenvalue weighted by Crippen LogP contribution is -2.45. The number of piperidine rings is 1. The van der Waals surface area contributed by atoms with Crippen LogP contribution in [0.3, 0.4) is 0 Å². The van der Waals surface area contributed by atoms with Crippen molar-refractivity contribution in [3.8, 4) is 5.75 Å². The van der Waals surface area contributed by atoms with Crippen molar-refractivity contribution >= 4 is 23.0 Å². The lowest BCUT2D eigenvalue weighted by Gasteiger charge is -2.40. The Balaban J connectivity index is 1.86. The van der Waals surface area contributed by atoms with Crippen LogP contribution in [0.4, 0.5) is 5.69 Å². The van der Waals surface area contributed by atoms with Gasteiger partial charge < -0.3 is 15.4 Å². The molecule has 3 rings (SSSR count). The first-order valence-electron chi connectivity index (χ1n) is 9.19. The zero-order valence-corrected chi connectivity index (χ0v) is 16.6. The summed E-state index contributed by atoms with van der Waals surface area (Å²) >= 11 is 6.24. The van der Waals surface area contributed by atoms with E-state index in [0.717, 1.165) is 53.6 Å².